The number of nitrogens with zero attached hydrogens (tertiary/aromatic N) is 3. The zero-order valence-electron chi connectivity index (χ0n) is 12.0. The summed E-state index contributed by atoms with van der Waals surface area (Å²) in [5.74, 6) is 1.24. The van der Waals surface area contributed by atoms with Crippen LogP contribution in [0.5, 0.6) is 0 Å². The summed E-state index contributed by atoms with van der Waals surface area (Å²) in [6.07, 6.45) is 3.70. The molecular formula is C17H19N3O. The topological polar surface area (TPSA) is 47.3 Å². The maximum absolute atomic E-state index is 12.6. The molecule has 0 unspecified atom stereocenters. The van der Waals surface area contributed by atoms with Crippen LogP contribution >= 0.6 is 0 Å². The standard InChI is InChI=1S/C17H19N3O/c18-9-13-3-1-2-4-15(13)19-10-14(11-19)17(21)20-8-7-12-5-6-16(12)20/h1-4,12,14,16H,5-8,10-11H2/t12-,16-/m0/s1. The lowest BCUT2D eigenvalue weighted by molar-refractivity contribution is -0.138. The van der Waals surface area contributed by atoms with E-state index in [-0.39, 0.29) is 5.92 Å². The monoisotopic (exact) mass is 281 g/mol. The van der Waals surface area contributed by atoms with Gasteiger partial charge in [-0.05, 0) is 37.3 Å². The largest absolute Gasteiger partial charge is 0.369 e. The highest BCUT2D eigenvalue weighted by molar-refractivity contribution is 5.83. The minimum Gasteiger partial charge on any atom is -0.369 e. The third-order valence-corrected chi connectivity index (χ3v) is 5.40. The molecule has 3 aliphatic rings. The van der Waals surface area contributed by atoms with Crippen molar-refractivity contribution in [2.24, 2.45) is 11.8 Å². The molecule has 0 bridgehead atoms. The van der Waals surface area contributed by atoms with E-state index in [0.717, 1.165) is 31.2 Å². The molecule has 1 aliphatic carbocycles. The Kier molecular flexibility index (Phi) is 2.88. The number of rotatable bonds is 2. The highest BCUT2D eigenvalue weighted by atomic mass is 16.2. The van der Waals surface area contributed by atoms with Crippen LogP contribution in [0.25, 0.3) is 0 Å². The van der Waals surface area contributed by atoms with E-state index in [0.29, 0.717) is 17.5 Å². The molecule has 21 heavy (non-hydrogen) atoms. The second-order valence-electron chi connectivity index (χ2n) is 6.46. The summed E-state index contributed by atoms with van der Waals surface area (Å²) in [4.78, 5) is 16.9. The van der Waals surface area contributed by atoms with Crippen molar-refractivity contribution in [1.82, 2.24) is 4.90 Å². The average molecular weight is 281 g/mol. The number of para-hydroxylation sites is 1. The first-order chi connectivity index (χ1) is 10.3. The number of amides is 1. The maximum Gasteiger partial charge on any atom is 0.229 e. The normalized spacial score (nSPS) is 27.6. The molecule has 1 saturated carbocycles. The van der Waals surface area contributed by atoms with Crippen molar-refractivity contribution in [1.29, 1.82) is 5.26 Å². The first kappa shape index (κ1) is 12.7. The van der Waals surface area contributed by atoms with Gasteiger partial charge in [0.05, 0.1) is 17.2 Å². The van der Waals surface area contributed by atoms with Gasteiger partial charge in [0.15, 0.2) is 0 Å². The van der Waals surface area contributed by atoms with Crippen LogP contribution in [-0.2, 0) is 4.79 Å². The van der Waals surface area contributed by atoms with E-state index in [4.69, 9.17) is 5.26 Å². The number of hydrogen-bond donors (Lipinski definition) is 0. The van der Waals surface area contributed by atoms with Crippen LogP contribution in [-0.4, -0.2) is 36.5 Å². The van der Waals surface area contributed by atoms with Gasteiger partial charge in [0.2, 0.25) is 5.91 Å². The highest BCUT2D eigenvalue weighted by Crippen LogP contribution is 2.41. The van der Waals surface area contributed by atoms with Gasteiger partial charge >= 0.3 is 0 Å². The SMILES string of the molecule is N#Cc1ccccc1N1CC(C(=O)N2CC[C@@H]3CC[C@@H]32)C1. The lowest BCUT2D eigenvalue weighted by Crippen LogP contribution is -2.56. The van der Waals surface area contributed by atoms with Gasteiger partial charge in [-0.3, -0.25) is 4.79 Å². The van der Waals surface area contributed by atoms with Crippen molar-refractivity contribution in [3.05, 3.63) is 29.8 Å². The Morgan fingerprint density at radius 2 is 2.00 bits per heavy atom. The van der Waals surface area contributed by atoms with E-state index in [1.54, 1.807) is 0 Å². The van der Waals surface area contributed by atoms with E-state index in [9.17, 15) is 4.79 Å². The Labute approximate surface area is 125 Å². The number of carbonyl (C=O) groups is 1. The fraction of sp³-hybridized carbons (Fsp3) is 0.529. The Balaban J connectivity index is 1.41. The Morgan fingerprint density at radius 1 is 1.19 bits per heavy atom. The van der Waals surface area contributed by atoms with Gasteiger partial charge < -0.3 is 9.80 Å². The van der Waals surface area contributed by atoms with E-state index >= 15 is 0 Å². The summed E-state index contributed by atoms with van der Waals surface area (Å²) in [7, 11) is 0. The minimum absolute atomic E-state index is 0.121. The van der Waals surface area contributed by atoms with Crippen molar-refractivity contribution in [2.45, 2.75) is 25.3 Å². The van der Waals surface area contributed by atoms with E-state index < -0.39 is 0 Å². The fourth-order valence-electron chi connectivity index (χ4n) is 3.95. The average Bonchev–Trinajstić information content (AvgIpc) is 2.72. The molecule has 2 aliphatic heterocycles. The molecule has 0 spiro atoms. The molecule has 4 rings (SSSR count). The molecule has 4 nitrogen and oxygen atoms in total. The first-order valence-electron chi connectivity index (χ1n) is 7.82. The lowest BCUT2D eigenvalue weighted by atomic mass is 9.80. The maximum atomic E-state index is 12.6. The van der Waals surface area contributed by atoms with Crippen LogP contribution in [0.1, 0.15) is 24.8 Å². The smallest absolute Gasteiger partial charge is 0.229 e. The fourth-order valence-corrected chi connectivity index (χ4v) is 3.95. The summed E-state index contributed by atoms with van der Waals surface area (Å²) in [5.41, 5.74) is 1.66. The van der Waals surface area contributed by atoms with Crippen LogP contribution in [0.4, 0.5) is 5.69 Å². The first-order valence-corrected chi connectivity index (χ1v) is 7.82. The van der Waals surface area contributed by atoms with Gasteiger partial charge in [-0.1, -0.05) is 12.1 Å². The molecule has 2 atom stereocenters. The van der Waals surface area contributed by atoms with Gasteiger partial charge in [-0.25, -0.2) is 0 Å². The van der Waals surface area contributed by atoms with Crippen molar-refractivity contribution in [3.63, 3.8) is 0 Å². The molecule has 2 heterocycles. The van der Waals surface area contributed by atoms with Gasteiger partial charge in [0.1, 0.15) is 6.07 Å². The summed E-state index contributed by atoms with van der Waals surface area (Å²) >= 11 is 0. The van der Waals surface area contributed by atoms with Gasteiger partial charge in [0, 0.05) is 25.7 Å². The zero-order chi connectivity index (χ0) is 14.4. The molecule has 108 valence electrons. The minimum atomic E-state index is 0.121. The van der Waals surface area contributed by atoms with E-state index in [1.165, 1.54) is 19.3 Å². The molecule has 1 amide bonds. The van der Waals surface area contributed by atoms with Crippen LogP contribution in [0.2, 0.25) is 0 Å². The number of likely N-dealkylation sites (tertiary alicyclic amines) is 1. The molecular weight excluding hydrogens is 262 g/mol. The molecule has 4 heteroatoms. The summed E-state index contributed by atoms with van der Waals surface area (Å²) in [6, 6.07) is 10.4. The van der Waals surface area contributed by atoms with Crippen LogP contribution < -0.4 is 4.90 Å². The molecule has 0 aromatic heterocycles. The van der Waals surface area contributed by atoms with Gasteiger partial charge in [-0.15, -0.1) is 0 Å². The summed E-state index contributed by atoms with van der Waals surface area (Å²) < 4.78 is 0. The molecule has 0 N–H and O–H groups in total. The van der Waals surface area contributed by atoms with Crippen LogP contribution in [0, 0.1) is 23.2 Å². The van der Waals surface area contributed by atoms with Crippen molar-refractivity contribution in [2.75, 3.05) is 24.5 Å². The number of anilines is 1. The zero-order valence-corrected chi connectivity index (χ0v) is 12.0. The van der Waals surface area contributed by atoms with Crippen LogP contribution in [0.15, 0.2) is 24.3 Å². The summed E-state index contributed by atoms with van der Waals surface area (Å²) in [5, 5.41) is 9.15. The molecule has 3 fully saturated rings. The summed E-state index contributed by atoms with van der Waals surface area (Å²) in [6.45, 7) is 2.47. The quantitative estimate of drug-likeness (QED) is 0.833. The molecule has 2 saturated heterocycles. The third-order valence-electron chi connectivity index (χ3n) is 5.40. The van der Waals surface area contributed by atoms with E-state index in [2.05, 4.69) is 15.9 Å². The Bertz CT molecular complexity index is 615. The van der Waals surface area contributed by atoms with Gasteiger partial charge in [-0.2, -0.15) is 5.26 Å². The number of nitriles is 1. The number of benzene rings is 1. The third kappa shape index (κ3) is 1.91. The molecule has 1 aromatic carbocycles. The predicted molar refractivity (Wildman–Crippen MR) is 79.7 cm³/mol. The van der Waals surface area contributed by atoms with Gasteiger partial charge in [0.25, 0.3) is 0 Å². The number of hydrogen-bond acceptors (Lipinski definition) is 3. The second-order valence-corrected chi connectivity index (χ2v) is 6.46. The van der Waals surface area contributed by atoms with Crippen molar-refractivity contribution >= 4 is 11.6 Å². The van der Waals surface area contributed by atoms with Crippen molar-refractivity contribution in [3.8, 4) is 6.07 Å². The lowest BCUT2D eigenvalue weighted by Gasteiger charge is -2.44. The van der Waals surface area contributed by atoms with Crippen molar-refractivity contribution < 1.29 is 4.79 Å². The molecule has 0 radical (unpaired) electrons. The second kappa shape index (κ2) is 4.77. The Morgan fingerprint density at radius 3 is 2.67 bits per heavy atom. The van der Waals surface area contributed by atoms with E-state index in [1.807, 2.05) is 24.3 Å². The molecule has 1 aromatic rings. The number of carbonyl (C=O) groups excluding carboxylic acids is 1. The Hall–Kier alpha value is -2.02. The van der Waals surface area contributed by atoms with Crippen LogP contribution in [0.3, 0.4) is 0 Å². The number of fused-ring (bicyclic) bond motifs is 1. The predicted octanol–water partition coefficient (Wildman–Crippen LogP) is 2.01. The highest BCUT2D eigenvalue weighted by Gasteiger charge is 2.46.